The van der Waals surface area contributed by atoms with Crippen molar-refractivity contribution in [3.8, 4) is 0 Å². The van der Waals surface area contributed by atoms with Gasteiger partial charge in [-0.1, -0.05) is 26.3 Å². The maximum Gasteiger partial charge on any atom is 0.331 e. The van der Waals surface area contributed by atoms with Gasteiger partial charge in [-0.2, -0.15) is 0 Å². The SMILES string of the molecule is C=C(CC(=O)O)C(=O)O.C=C(CC(=O)O)C(=O)O.C=C(CC(=O)O)C(=O)O.C=C(CC(=O)O)C(=O)O.OC[C@@H](O)[C@@H](O)[C@H](O)[C@@H](O)CO. The number of hydrogen-bond acceptors (Lipinski definition) is 14. The molecule has 0 bridgehead atoms. The molecule has 0 unspecified atom stereocenters. The third-order valence-electron chi connectivity index (χ3n) is 4.18. The Bertz CT molecular complexity index is 1000. The Morgan fingerprint density at radius 3 is 0.583 bits per heavy atom. The van der Waals surface area contributed by atoms with Gasteiger partial charge < -0.3 is 71.5 Å². The Morgan fingerprint density at radius 2 is 0.521 bits per heavy atom. The summed E-state index contributed by atoms with van der Waals surface area (Å²) in [6, 6.07) is 0. The number of aliphatic carboxylic acids is 8. The van der Waals surface area contributed by atoms with Crippen molar-refractivity contribution in [2.75, 3.05) is 13.2 Å². The molecule has 0 heterocycles. The quantitative estimate of drug-likeness (QED) is 0.0664. The van der Waals surface area contributed by atoms with E-state index in [4.69, 9.17) is 71.5 Å². The molecule has 274 valence electrons. The summed E-state index contributed by atoms with van der Waals surface area (Å²) in [6.45, 7) is 10.6. The first-order valence-corrected chi connectivity index (χ1v) is 12.1. The summed E-state index contributed by atoms with van der Waals surface area (Å²) in [4.78, 5) is 78.6. The van der Waals surface area contributed by atoms with Crippen LogP contribution in [0.2, 0.25) is 0 Å². The molecule has 22 nitrogen and oxygen atoms in total. The minimum atomic E-state index is -1.67. The Hall–Kier alpha value is -5.52. The van der Waals surface area contributed by atoms with E-state index in [1.54, 1.807) is 0 Å². The van der Waals surface area contributed by atoms with E-state index in [2.05, 4.69) is 26.3 Å². The molecule has 0 aliphatic carbocycles. The summed E-state index contributed by atoms with van der Waals surface area (Å²) in [5, 5.41) is 116. The van der Waals surface area contributed by atoms with E-state index in [0.29, 0.717) is 0 Å². The van der Waals surface area contributed by atoms with Crippen LogP contribution in [0.25, 0.3) is 0 Å². The Morgan fingerprint density at radius 1 is 0.375 bits per heavy atom. The Labute approximate surface area is 270 Å². The summed E-state index contributed by atoms with van der Waals surface area (Å²) in [5.41, 5.74) is -1.21. The van der Waals surface area contributed by atoms with Crippen LogP contribution < -0.4 is 0 Å². The van der Waals surface area contributed by atoms with Crippen LogP contribution >= 0.6 is 0 Å². The fourth-order valence-electron chi connectivity index (χ4n) is 1.70. The van der Waals surface area contributed by atoms with Crippen LogP contribution in [0.4, 0.5) is 0 Å². The maximum atomic E-state index is 9.87. The van der Waals surface area contributed by atoms with Gasteiger partial charge in [0.15, 0.2) is 0 Å². The van der Waals surface area contributed by atoms with Gasteiger partial charge in [0.1, 0.15) is 24.4 Å². The Kier molecular flexibility index (Phi) is 31.3. The lowest BCUT2D eigenvalue weighted by molar-refractivity contribution is -0.139. The molecule has 0 spiro atoms. The van der Waals surface area contributed by atoms with Gasteiger partial charge in [0.25, 0.3) is 0 Å². The van der Waals surface area contributed by atoms with E-state index in [0.717, 1.165) is 0 Å². The molecule has 0 rings (SSSR count). The largest absolute Gasteiger partial charge is 0.481 e. The lowest BCUT2D eigenvalue weighted by Gasteiger charge is -2.24. The van der Waals surface area contributed by atoms with Crippen molar-refractivity contribution in [1.82, 2.24) is 0 Å². The molecule has 0 radical (unpaired) electrons. The molecule has 0 saturated heterocycles. The van der Waals surface area contributed by atoms with Gasteiger partial charge in [0.2, 0.25) is 0 Å². The van der Waals surface area contributed by atoms with Crippen LogP contribution in [0, 0.1) is 0 Å². The predicted octanol–water partition coefficient (Wildman–Crippen LogP) is -3.18. The first-order valence-electron chi connectivity index (χ1n) is 12.1. The van der Waals surface area contributed by atoms with Gasteiger partial charge in [-0.25, -0.2) is 19.2 Å². The van der Waals surface area contributed by atoms with Crippen LogP contribution in [0.3, 0.4) is 0 Å². The van der Waals surface area contributed by atoms with Crippen molar-refractivity contribution in [3.05, 3.63) is 48.6 Å². The second-order valence-corrected chi connectivity index (χ2v) is 8.40. The van der Waals surface area contributed by atoms with Gasteiger partial charge in [-0.3, -0.25) is 19.2 Å². The van der Waals surface area contributed by atoms with E-state index >= 15 is 0 Å². The number of aliphatic hydroxyl groups excluding tert-OH is 6. The fraction of sp³-hybridized carbons (Fsp3) is 0.385. The summed E-state index contributed by atoms with van der Waals surface area (Å²) >= 11 is 0. The molecule has 14 N–H and O–H groups in total. The normalized spacial score (nSPS) is 11.7. The molecule has 0 aromatic carbocycles. The van der Waals surface area contributed by atoms with Crippen molar-refractivity contribution in [3.63, 3.8) is 0 Å². The molecule has 22 heteroatoms. The first-order chi connectivity index (χ1) is 21.7. The zero-order valence-electron chi connectivity index (χ0n) is 24.9. The average molecular weight is 703 g/mol. The monoisotopic (exact) mass is 702 g/mol. The lowest BCUT2D eigenvalue weighted by Crippen LogP contribution is -2.46. The van der Waals surface area contributed by atoms with Crippen LogP contribution in [0.1, 0.15) is 25.7 Å². The van der Waals surface area contributed by atoms with Crippen molar-refractivity contribution >= 4 is 47.8 Å². The minimum absolute atomic E-state index is 0.303. The average Bonchev–Trinajstić information content (AvgIpc) is 2.95. The van der Waals surface area contributed by atoms with Crippen LogP contribution in [-0.4, -0.2) is 157 Å². The molecular weight excluding hydrogens is 664 g/mol. The standard InChI is InChI=1S/C6H14O6.4C5H6O4/c7-1-3(9)5(11)6(12)4(10)2-8;4*1-3(5(8)9)2-4(6)7/h3-12H,1-2H2;4*1-2H2,(H,6,7)(H,8,9)/t3-,4+,5-,6-;;;;/m1..../s1. The molecule has 0 saturated carbocycles. The van der Waals surface area contributed by atoms with Crippen molar-refractivity contribution in [1.29, 1.82) is 0 Å². The topological polar surface area (TPSA) is 420 Å². The van der Waals surface area contributed by atoms with E-state index in [-0.39, 0.29) is 22.3 Å². The number of rotatable bonds is 17. The molecule has 0 aromatic rings. The van der Waals surface area contributed by atoms with E-state index in [9.17, 15) is 38.4 Å². The highest BCUT2D eigenvalue weighted by Gasteiger charge is 2.29. The zero-order chi connectivity index (χ0) is 39.5. The smallest absolute Gasteiger partial charge is 0.331 e. The zero-order valence-corrected chi connectivity index (χ0v) is 24.9. The van der Waals surface area contributed by atoms with Gasteiger partial charge >= 0.3 is 47.8 Å². The van der Waals surface area contributed by atoms with Crippen LogP contribution in [0.15, 0.2) is 48.6 Å². The molecule has 4 atom stereocenters. The van der Waals surface area contributed by atoms with E-state index < -0.39 is 111 Å². The number of aliphatic hydroxyl groups is 6. The summed E-state index contributed by atoms with van der Waals surface area (Å²) in [6.07, 6.45) is -8.41. The van der Waals surface area contributed by atoms with Crippen LogP contribution in [-0.2, 0) is 38.4 Å². The second kappa shape index (κ2) is 28.9. The Balaban J connectivity index is -0.000000161. The summed E-state index contributed by atoms with van der Waals surface area (Å²) in [5.74, 6) is -9.78. The highest BCUT2D eigenvalue weighted by molar-refractivity contribution is 5.92. The third-order valence-corrected chi connectivity index (χ3v) is 4.18. The molecule has 0 fully saturated rings. The molecular formula is C26H38O22. The van der Waals surface area contributed by atoms with Crippen LogP contribution in [0.5, 0.6) is 0 Å². The molecule has 0 aromatic heterocycles. The predicted molar refractivity (Wildman–Crippen MR) is 154 cm³/mol. The highest BCUT2D eigenvalue weighted by atomic mass is 16.4. The fourth-order valence-corrected chi connectivity index (χ4v) is 1.70. The maximum absolute atomic E-state index is 9.87. The number of carbonyl (C=O) groups is 8. The third kappa shape index (κ3) is 35.0. The summed E-state index contributed by atoms with van der Waals surface area (Å²) < 4.78 is 0. The lowest BCUT2D eigenvalue weighted by atomic mass is 10.0. The number of carboxylic acids is 8. The molecule has 0 amide bonds. The second-order valence-electron chi connectivity index (χ2n) is 8.40. The van der Waals surface area contributed by atoms with Crippen molar-refractivity contribution in [2.24, 2.45) is 0 Å². The summed E-state index contributed by atoms with van der Waals surface area (Å²) in [7, 11) is 0. The number of carboxylic acid groups (broad SMARTS) is 8. The van der Waals surface area contributed by atoms with Gasteiger partial charge in [-0.05, 0) is 0 Å². The molecule has 0 aliphatic rings. The van der Waals surface area contributed by atoms with E-state index in [1.807, 2.05) is 0 Å². The van der Waals surface area contributed by atoms with Gasteiger partial charge in [0, 0.05) is 22.3 Å². The molecule has 48 heavy (non-hydrogen) atoms. The minimum Gasteiger partial charge on any atom is -0.481 e. The van der Waals surface area contributed by atoms with E-state index in [1.165, 1.54) is 0 Å². The highest BCUT2D eigenvalue weighted by Crippen LogP contribution is 2.04. The number of hydrogen-bond donors (Lipinski definition) is 14. The first kappa shape index (κ1) is 52.0. The van der Waals surface area contributed by atoms with Gasteiger partial charge in [-0.15, -0.1) is 0 Å². The van der Waals surface area contributed by atoms with Crippen molar-refractivity contribution < 1.29 is 110 Å². The van der Waals surface area contributed by atoms with Crippen molar-refractivity contribution in [2.45, 2.75) is 50.1 Å². The van der Waals surface area contributed by atoms with Gasteiger partial charge in [0.05, 0.1) is 38.9 Å². The molecule has 0 aliphatic heterocycles.